The third-order valence-corrected chi connectivity index (χ3v) is 3.33. The van der Waals surface area contributed by atoms with Crippen LogP contribution in [0.4, 0.5) is 4.79 Å². The molecule has 3 rings (SSSR count). The number of rotatable bonds is 5. The van der Waals surface area contributed by atoms with Gasteiger partial charge >= 0.3 is 6.09 Å². The fraction of sp³-hybridized carbons (Fsp3) is 0.312. The van der Waals surface area contributed by atoms with E-state index in [1.54, 1.807) is 11.2 Å². The molecule has 1 fully saturated rings. The minimum absolute atomic E-state index is 0.271. The predicted octanol–water partition coefficient (Wildman–Crippen LogP) is 3.58. The molecule has 1 aliphatic carbocycles. The molecular weight excluding hydrogens is 254 g/mol. The second-order valence-electron chi connectivity index (χ2n) is 4.98. The first-order chi connectivity index (χ1) is 9.83. The maximum Gasteiger partial charge on any atom is 0.410 e. The number of hydrogen-bond acceptors (Lipinski definition) is 3. The minimum Gasteiger partial charge on any atom is -0.467 e. The third kappa shape index (κ3) is 3.20. The lowest BCUT2D eigenvalue weighted by molar-refractivity contribution is 0.0883. The lowest BCUT2D eigenvalue weighted by Crippen LogP contribution is -2.32. The zero-order valence-corrected chi connectivity index (χ0v) is 11.2. The Balaban J connectivity index is 1.58. The van der Waals surface area contributed by atoms with Crippen molar-refractivity contribution in [1.82, 2.24) is 4.90 Å². The van der Waals surface area contributed by atoms with Crippen LogP contribution in [-0.2, 0) is 17.9 Å². The van der Waals surface area contributed by atoms with Crippen LogP contribution >= 0.6 is 0 Å². The topological polar surface area (TPSA) is 42.7 Å². The van der Waals surface area contributed by atoms with Gasteiger partial charge in [-0.1, -0.05) is 30.3 Å². The fourth-order valence-corrected chi connectivity index (χ4v) is 2.10. The summed E-state index contributed by atoms with van der Waals surface area (Å²) in [7, 11) is 0. The monoisotopic (exact) mass is 271 g/mol. The first-order valence-electron chi connectivity index (χ1n) is 6.82. The van der Waals surface area contributed by atoms with Gasteiger partial charge in [0.1, 0.15) is 12.4 Å². The van der Waals surface area contributed by atoms with Crippen LogP contribution in [0.25, 0.3) is 0 Å². The van der Waals surface area contributed by atoms with E-state index in [2.05, 4.69) is 0 Å². The summed E-state index contributed by atoms with van der Waals surface area (Å²) in [4.78, 5) is 13.9. The molecule has 0 unspecified atom stereocenters. The third-order valence-electron chi connectivity index (χ3n) is 3.33. The Morgan fingerprint density at radius 2 is 2.00 bits per heavy atom. The van der Waals surface area contributed by atoms with Crippen LogP contribution in [-0.4, -0.2) is 17.0 Å². The van der Waals surface area contributed by atoms with Crippen LogP contribution in [0.3, 0.4) is 0 Å². The Kier molecular flexibility index (Phi) is 3.72. The van der Waals surface area contributed by atoms with E-state index in [4.69, 9.17) is 9.15 Å². The smallest absolute Gasteiger partial charge is 0.410 e. The molecule has 0 saturated heterocycles. The molecule has 0 radical (unpaired) electrons. The molecule has 1 saturated carbocycles. The molecule has 1 heterocycles. The first kappa shape index (κ1) is 12.8. The van der Waals surface area contributed by atoms with E-state index < -0.39 is 0 Å². The van der Waals surface area contributed by atoms with E-state index in [0.29, 0.717) is 19.2 Å². The van der Waals surface area contributed by atoms with Gasteiger partial charge in [-0.2, -0.15) is 0 Å². The summed E-state index contributed by atoms with van der Waals surface area (Å²) in [5.41, 5.74) is 0.995. The molecule has 1 aromatic heterocycles. The highest BCUT2D eigenvalue weighted by Crippen LogP contribution is 2.29. The van der Waals surface area contributed by atoms with Crippen LogP contribution in [0.15, 0.2) is 53.1 Å². The minimum atomic E-state index is -0.271. The summed E-state index contributed by atoms with van der Waals surface area (Å²) in [5, 5.41) is 0. The van der Waals surface area contributed by atoms with Crippen LogP contribution in [0, 0.1) is 0 Å². The van der Waals surface area contributed by atoms with Crippen molar-refractivity contribution in [1.29, 1.82) is 0 Å². The van der Waals surface area contributed by atoms with Crippen LogP contribution in [0.1, 0.15) is 24.2 Å². The Bertz CT molecular complexity index is 546. The number of amides is 1. The maximum absolute atomic E-state index is 12.2. The number of furan rings is 1. The van der Waals surface area contributed by atoms with Gasteiger partial charge in [-0.25, -0.2) is 4.79 Å². The summed E-state index contributed by atoms with van der Waals surface area (Å²) >= 11 is 0. The predicted molar refractivity (Wildman–Crippen MR) is 73.9 cm³/mol. The van der Waals surface area contributed by atoms with Crippen LogP contribution in [0.5, 0.6) is 0 Å². The quantitative estimate of drug-likeness (QED) is 0.834. The molecule has 1 amide bonds. The van der Waals surface area contributed by atoms with Crippen molar-refractivity contribution in [3.05, 3.63) is 60.1 Å². The second-order valence-corrected chi connectivity index (χ2v) is 4.98. The van der Waals surface area contributed by atoms with Gasteiger partial charge in [0.2, 0.25) is 0 Å². The Morgan fingerprint density at radius 1 is 1.20 bits per heavy atom. The van der Waals surface area contributed by atoms with Crippen molar-refractivity contribution >= 4 is 6.09 Å². The van der Waals surface area contributed by atoms with E-state index in [1.807, 2.05) is 42.5 Å². The van der Waals surface area contributed by atoms with Gasteiger partial charge in [0.05, 0.1) is 12.8 Å². The van der Waals surface area contributed by atoms with Gasteiger partial charge in [-0.15, -0.1) is 0 Å². The van der Waals surface area contributed by atoms with Gasteiger partial charge in [0.15, 0.2) is 0 Å². The zero-order chi connectivity index (χ0) is 13.8. The molecular formula is C16H17NO3. The van der Waals surface area contributed by atoms with Gasteiger partial charge in [0.25, 0.3) is 0 Å². The molecule has 20 heavy (non-hydrogen) atoms. The van der Waals surface area contributed by atoms with E-state index in [1.165, 1.54) is 0 Å². The number of carbonyl (C=O) groups excluding carboxylic acids is 1. The number of hydrogen-bond donors (Lipinski definition) is 0. The number of benzene rings is 1. The molecule has 104 valence electrons. The first-order valence-corrected chi connectivity index (χ1v) is 6.82. The Hall–Kier alpha value is -2.23. The van der Waals surface area contributed by atoms with Crippen molar-refractivity contribution < 1.29 is 13.9 Å². The fourth-order valence-electron chi connectivity index (χ4n) is 2.10. The van der Waals surface area contributed by atoms with E-state index in [9.17, 15) is 4.79 Å². The number of ether oxygens (including phenoxy) is 1. The second kappa shape index (κ2) is 5.82. The summed E-state index contributed by atoms with van der Waals surface area (Å²) in [5.74, 6) is 0.786. The summed E-state index contributed by atoms with van der Waals surface area (Å²) in [6.45, 7) is 0.784. The van der Waals surface area contributed by atoms with Gasteiger partial charge in [-0.3, -0.25) is 4.90 Å². The molecule has 0 N–H and O–H groups in total. The van der Waals surface area contributed by atoms with Crippen molar-refractivity contribution in [3.63, 3.8) is 0 Å². The van der Waals surface area contributed by atoms with Gasteiger partial charge < -0.3 is 9.15 Å². The average Bonchev–Trinajstić information content (AvgIpc) is 3.20. The number of nitrogens with zero attached hydrogens (tertiary/aromatic N) is 1. The van der Waals surface area contributed by atoms with Crippen molar-refractivity contribution in [2.75, 3.05) is 0 Å². The molecule has 1 aromatic carbocycles. The van der Waals surface area contributed by atoms with Crippen LogP contribution in [0.2, 0.25) is 0 Å². The lowest BCUT2D eigenvalue weighted by Gasteiger charge is -2.20. The molecule has 4 heteroatoms. The maximum atomic E-state index is 12.2. The number of carbonyl (C=O) groups is 1. The average molecular weight is 271 g/mol. The molecule has 0 atom stereocenters. The van der Waals surface area contributed by atoms with Crippen molar-refractivity contribution in [3.8, 4) is 0 Å². The SMILES string of the molecule is O=C(OCc1ccccc1)N(Cc1ccco1)C1CC1. The molecule has 0 aliphatic heterocycles. The van der Waals surface area contributed by atoms with Crippen molar-refractivity contribution in [2.45, 2.75) is 32.0 Å². The van der Waals surface area contributed by atoms with Crippen LogP contribution < -0.4 is 0 Å². The van der Waals surface area contributed by atoms with Gasteiger partial charge in [0, 0.05) is 6.04 Å². The highest BCUT2D eigenvalue weighted by Gasteiger charge is 2.34. The standard InChI is InChI=1S/C16H17NO3/c18-16(20-12-13-5-2-1-3-6-13)17(14-8-9-14)11-15-7-4-10-19-15/h1-7,10,14H,8-9,11-12H2. The molecule has 2 aromatic rings. The Morgan fingerprint density at radius 3 is 2.65 bits per heavy atom. The zero-order valence-electron chi connectivity index (χ0n) is 11.2. The largest absolute Gasteiger partial charge is 0.467 e. The highest BCUT2D eigenvalue weighted by atomic mass is 16.6. The Labute approximate surface area is 118 Å². The van der Waals surface area contributed by atoms with E-state index in [-0.39, 0.29) is 6.09 Å². The molecule has 1 aliphatic rings. The molecule has 4 nitrogen and oxygen atoms in total. The molecule has 0 spiro atoms. The summed E-state index contributed by atoms with van der Waals surface area (Å²) in [6, 6.07) is 13.7. The lowest BCUT2D eigenvalue weighted by atomic mass is 10.2. The highest BCUT2D eigenvalue weighted by molar-refractivity contribution is 5.68. The van der Waals surface area contributed by atoms with E-state index in [0.717, 1.165) is 24.2 Å². The summed E-state index contributed by atoms with van der Waals surface area (Å²) < 4.78 is 10.7. The summed E-state index contributed by atoms with van der Waals surface area (Å²) in [6.07, 6.45) is 3.44. The van der Waals surface area contributed by atoms with E-state index >= 15 is 0 Å². The molecule has 0 bridgehead atoms. The normalized spacial score (nSPS) is 14.0. The van der Waals surface area contributed by atoms with Crippen molar-refractivity contribution in [2.24, 2.45) is 0 Å². The van der Waals surface area contributed by atoms with Gasteiger partial charge in [-0.05, 0) is 30.5 Å².